The number of nitrogens with one attached hydrogen (secondary N) is 1. The number of carbonyl (C=O) groups is 2. The minimum absolute atomic E-state index is 0.119. The van der Waals surface area contributed by atoms with Crippen LogP contribution < -0.4 is 11.1 Å². The third-order valence-corrected chi connectivity index (χ3v) is 3.61. The summed E-state index contributed by atoms with van der Waals surface area (Å²) < 4.78 is 44.0. The van der Waals surface area contributed by atoms with Gasteiger partial charge in [-0.05, 0) is 25.1 Å². The fourth-order valence-corrected chi connectivity index (χ4v) is 2.31. The van der Waals surface area contributed by atoms with Crippen LogP contribution in [-0.2, 0) is 17.5 Å². The van der Waals surface area contributed by atoms with E-state index in [9.17, 15) is 22.8 Å². The molecule has 1 aromatic carbocycles. The molecule has 0 atom stereocenters. The van der Waals surface area contributed by atoms with Gasteiger partial charge in [0.05, 0.1) is 23.4 Å². The van der Waals surface area contributed by atoms with Gasteiger partial charge in [0.15, 0.2) is 0 Å². The smallest absolute Gasteiger partial charge is 0.418 e. The number of benzene rings is 1. The average molecular weight is 369 g/mol. The first-order chi connectivity index (χ1) is 12.3. The van der Waals surface area contributed by atoms with Crippen LogP contribution in [0.2, 0.25) is 0 Å². The maximum atomic E-state index is 13.0. The van der Waals surface area contributed by atoms with E-state index in [4.69, 9.17) is 10.2 Å². The molecule has 2 amide bonds. The molecule has 1 aromatic heterocycles. The Morgan fingerprint density at radius 3 is 2.54 bits per heavy atom. The van der Waals surface area contributed by atoms with Crippen LogP contribution in [0, 0.1) is 0 Å². The van der Waals surface area contributed by atoms with Crippen molar-refractivity contribution >= 4 is 17.5 Å². The van der Waals surface area contributed by atoms with E-state index < -0.39 is 30.1 Å². The zero-order chi connectivity index (χ0) is 19.3. The van der Waals surface area contributed by atoms with Crippen molar-refractivity contribution in [1.82, 2.24) is 4.90 Å². The van der Waals surface area contributed by atoms with Crippen molar-refractivity contribution < 1.29 is 27.2 Å². The molecule has 1 heterocycles. The number of nitrogens with two attached hydrogens (primary N) is 1. The molecule has 0 aliphatic rings. The molecule has 2 rings (SSSR count). The second-order valence-corrected chi connectivity index (χ2v) is 5.42. The minimum atomic E-state index is -4.60. The van der Waals surface area contributed by atoms with Crippen LogP contribution in [0.3, 0.4) is 0 Å². The monoisotopic (exact) mass is 369 g/mol. The van der Waals surface area contributed by atoms with Crippen molar-refractivity contribution in [3.05, 3.63) is 53.5 Å². The van der Waals surface area contributed by atoms with E-state index in [1.165, 1.54) is 29.4 Å². The summed E-state index contributed by atoms with van der Waals surface area (Å²) in [6.45, 7) is 1.56. The number of furan rings is 1. The van der Waals surface area contributed by atoms with Crippen molar-refractivity contribution in [2.75, 3.05) is 18.4 Å². The van der Waals surface area contributed by atoms with Gasteiger partial charge in [0.1, 0.15) is 18.6 Å². The van der Waals surface area contributed by atoms with Gasteiger partial charge in [0, 0.05) is 6.54 Å². The summed E-state index contributed by atoms with van der Waals surface area (Å²) in [5, 5.41) is 2.21. The lowest BCUT2D eigenvalue weighted by molar-refractivity contribution is -0.137. The Hall–Kier alpha value is -2.81. The van der Waals surface area contributed by atoms with E-state index in [-0.39, 0.29) is 24.3 Å². The summed E-state index contributed by atoms with van der Waals surface area (Å²) in [5.41, 5.74) is 4.32. The Morgan fingerprint density at radius 2 is 1.96 bits per heavy atom. The van der Waals surface area contributed by atoms with E-state index in [0.29, 0.717) is 5.76 Å². The summed E-state index contributed by atoms with van der Waals surface area (Å²) in [6.07, 6.45) is -3.37. The highest BCUT2D eigenvalue weighted by Crippen LogP contribution is 2.34. The van der Waals surface area contributed by atoms with E-state index in [1.54, 1.807) is 6.92 Å². The van der Waals surface area contributed by atoms with Crippen molar-refractivity contribution in [2.45, 2.75) is 19.6 Å². The second-order valence-electron chi connectivity index (χ2n) is 5.42. The fourth-order valence-electron chi connectivity index (χ4n) is 2.31. The third-order valence-electron chi connectivity index (χ3n) is 3.61. The van der Waals surface area contributed by atoms with Gasteiger partial charge in [-0.3, -0.25) is 9.59 Å². The van der Waals surface area contributed by atoms with E-state index in [2.05, 4.69) is 5.32 Å². The predicted octanol–water partition coefficient (Wildman–Crippen LogP) is 2.86. The van der Waals surface area contributed by atoms with E-state index in [1.807, 2.05) is 0 Å². The van der Waals surface area contributed by atoms with Crippen LogP contribution in [0.1, 0.15) is 28.6 Å². The summed E-state index contributed by atoms with van der Waals surface area (Å²) in [6, 6.07) is 6.10. The summed E-state index contributed by atoms with van der Waals surface area (Å²) in [7, 11) is 0. The molecule has 0 unspecified atom stereocenters. The molecule has 0 saturated carbocycles. The Balaban J connectivity index is 2.09. The SMILES string of the molecule is CCN(CC(=O)Nc1ccccc1C(F)(F)F)C(=O)c1coc(CN)c1. The van der Waals surface area contributed by atoms with Crippen molar-refractivity contribution in [2.24, 2.45) is 5.73 Å². The van der Waals surface area contributed by atoms with Crippen molar-refractivity contribution in [3.8, 4) is 0 Å². The molecule has 0 aliphatic heterocycles. The van der Waals surface area contributed by atoms with Crippen molar-refractivity contribution in [1.29, 1.82) is 0 Å². The molecule has 0 spiro atoms. The standard InChI is InChI=1S/C17H18F3N3O3/c1-2-23(16(25)11-7-12(8-21)26-10-11)9-15(24)22-14-6-4-3-5-13(14)17(18,19)20/h3-7,10H,2,8-9,21H2,1H3,(H,22,24). The average Bonchev–Trinajstić information content (AvgIpc) is 3.07. The number of carbonyl (C=O) groups excluding carboxylic acids is 2. The zero-order valence-electron chi connectivity index (χ0n) is 14.0. The fraction of sp³-hybridized carbons (Fsp3) is 0.294. The van der Waals surface area contributed by atoms with Crippen LogP contribution >= 0.6 is 0 Å². The van der Waals surface area contributed by atoms with Gasteiger partial charge in [0.2, 0.25) is 5.91 Å². The quantitative estimate of drug-likeness (QED) is 0.820. The lowest BCUT2D eigenvalue weighted by Gasteiger charge is -2.20. The molecule has 0 radical (unpaired) electrons. The molecule has 0 fully saturated rings. The molecule has 6 nitrogen and oxygen atoms in total. The molecular formula is C17H18F3N3O3. The molecule has 0 bridgehead atoms. The van der Waals surface area contributed by atoms with Crippen LogP contribution in [0.4, 0.5) is 18.9 Å². The Morgan fingerprint density at radius 1 is 1.27 bits per heavy atom. The molecular weight excluding hydrogens is 351 g/mol. The van der Waals surface area contributed by atoms with Crippen molar-refractivity contribution in [3.63, 3.8) is 0 Å². The number of likely N-dealkylation sites (N-methyl/N-ethyl adjacent to an activating group) is 1. The van der Waals surface area contributed by atoms with Crippen LogP contribution in [0.15, 0.2) is 41.0 Å². The first-order valence-electron chi connectivity index (χ1n) is 7.79. The van der Waals surface area contributed by atoms with Gasteiger partial charge in [-0.2, -0.15) is 13.2 Å². The Kier molecular flexibility index (Phi) is 6.04. The van der Waals surface area contributed by atoms with Gasteiger partial charge in [-0.15, -0.1) is 0 Å². The highest BCUT2D eigenvalue weighted by molar-refractivity contribution is 5.99. The van der Waals surface area contributed by atoms with Crippen LogP contribution in [0.5, 0.6) is 0 Å². The molecule has 140 valence electrons. The zero-order valence-corrected chi connectivity index (χ0v) is 14.0. The predicted molar refractivity (Wildman–Crippen MR) is 88.3 cm³/mol. The topological polar surface area (TPSA) is 88.6 Å². The minimum Gasteiger partial charge on any atom is -0.467 e. The highest BCUT2D eigenvalue weighted by Gasteiger charge is 2.33. The van der Waals surface area contributed by atoms with E-state index >= 15 is 0 Å². The van der Waals surface area contributed by atoms with Gasteiger partial charge < -0.3 is 20.4 Å². The molecule has 0 saturated heterocycles. The van der Waals surface area contributed by atoms with Crippen LogP contribution in [0.25, 0.3) is 0 Å². The summed E-state index contributed by atoms with van der Waals surface area (Å²) >= 11 is 0. The summed E-state index contributed by atoms with van der Waals surface area (Å²) in [5.74, 6) is -0.803. The number of halogens is 3. The summed E-state index contributed by atoms with van der Waals surface area (Å²) in [4.78, 5) is 25.7. The number of rotatable bonds is 6. The largest absolute Gasteiger partial charge is 0.467 e. The Bertz CT molecular complexity index is 787. The number of para-hydroxylation sites is 1. The number of anilines is 1. The van der Waals surface area contributed by atoms with Gasteiger partial charge in [-0.1, -0.05) is 12.1 Å². The first kappa shape index (κ1) is 19.5. The molecule has 0 aliphatic carbocycles. The lowest BCUT2D eigenvalue weighted by Crippen LogP contribution is -2.38. The molecule has 26 heavy (non-hydrogen) atoms. The molecule has 9 heteroatoms. The first-order valence-corrected chi connectivity index (χ1v) is 7.79. The number of amides is 2. The second kappa shape index (κ2) is 8.05. The number of nitrogens with zero attached hydrogens (tertiary/aromatic N) is 1. The Labute approximate surface area is 147 Å². The van der Waals surface area contributed by atoms with E-state index in [0.717, 1.165) is 12.1 Å². The molecule has 2 aromatic rings. The maximum Gasteiger partial charge on any atom is 0.418 e. The molecule has 3 N–H and O–H groups in total. The number of alkyl halides is 3. The number of hydrogen-bond donors (Lipinski definition) is 2. The van der Waals surface area contributed by atoms with Gasteiger partial charge in [-0.25, -0.2) is 0 Å². The number of hydrogen-bond acceptors (Lipinski definition) is 4. The lowest BCUT2D eigenvalue weighted by atomic mass is 10.1. The van der Waals surface area contributed by atoms with Crippen LogP contribution in [-0.4, -0.2) is 29.8 Å². The third kappa shape index (κ3) is 4.63. The highest BCUT2D eigenvalue weighted by atomic mass is 19.4. The maximum absolute atomic E-state index is 13.0. The van der Waals surface area contributed by atoms with Gasteiger partial charge >= 0.3 is 6.18 Å². The normalized spacial score (nSPS) is 11.3. The van der Waals surface area contributed by atoms with Gasteiger partial charge in [0.25, 0.3) is 5.91 Å².